The molecule has 0 radical (unpaired) electrons. The van der Waals surface area contributed by atoms with Crippen LogP contribution in [0.5, 0.6) is 5.75 Å². The quantitative estimate of drug-likeness (QED) is 0.514. The zero-order valence-electron chi connectivity index (χ0n) is 18.8. The molecule has 2 aliphatic heterocycles. The molecule has 34 heavy (non-hydrogen) atoms. The van der Waals surface area contributed by atoms with Crippen molar-refractivity contribution in [1.29, 1.82) is 0 Å². The van der Waals surface area contributed by atoms with Crippen LogP contribution in [0, 0.1) is 18.7 Å². The van der Waals surface area contributed by atoms with Crippen LogP contribution >= 0.6 is 24.8 Å². The van der Waals surface area contributed by atoms with E-state index < -0.39 is 17.6 Å². The Kier molecular flexibility index (Phi) is 9.64. The molecular weight excluding hydrogens is 495 g/mol. The molecule has 0 amide bonds. The Bertz CT molecular complexity index is 982. The molecule has 1 fully saturated rings. The summed E-state index contributed by atoms with van der Waals surface area (Å²) in [6.45, 7) is 3.97. The molecule has 0 aromatic heterocycles. The maximum absolute atomic E-state index is 13.5. The van der Waals surface area contributed by atoms with Crippen molar-refractivity contribution in [2.45, 2.75) is 51.1 Å². The third-order valence-corrected chi connectivity index (χ3v) is 6.73. The molecule has 0 aliphatic carbocycles. The van der Waals surface area contributed by atoms with Crippen molar-refractivity contribution in [3.63, 3.8) is 0 Å². The fraction of sp³-hybridized carbons (Fsp3) is 0.500. The number of fused-ring (bicyclic) bond motifs is 1. The number of ether oxygens (including phenoxy) is 1. The van der Waals surface area contributed by atoms with Crippen molar-refractivity contribution in [3.05, 3.63) is 64.0 Å². The first-order chi connectivity index (χ1) is 15.2. The first-order valence-electron chi connectivity index (χ1n) is 10.9. The molecule has 0 bridgehead atoms. The molecule has 190 valence electrons. The van der Waals surface area contributed by atoms with Crippen LogP contribution in [0.4, 0.5) is 17.6 Å². The van der Waals surface area contributed by atoms with Crippen LogP contribution in [-0.2, 0) is 23.9 Å². The molecule has 0 unspecified atom stereocenters. The Morgan fingerprint density at radius 2 is 1.79 bits per heavy atom. The lowest BCUT2D eigenvalue weighted by molar-refractivity contribution is -0.140. The average molecular weight is 525 g/mol. The number of hydrogen-bond acceptors (Lipinski definition) is 4. The number of alkyl halides is 3. The van der Waals surface area contributed by atoms with Crippen LogP contribution in [0.25, 0.3) is 0 Å². The number of phenolic OH excluding ortho intramolecular Hbond substituents is 1. The maximum atomic E-state index is 13.5. The fourth-order valence-corrected chi connectivity index (χ4v) is 4.91. The topological polar surface area (TPSA) is 58.7 Å². The van der Waals surface area contributed by atoms with Gasteiger partial charge in [-0.15, -0.1) is 24.8 Å². The summed E-state index contributed by atoms with van der Waals surface area (Å²) in [7, 11) is 0. The number of phenols is 1. The fourth-order valence-electron chi connectivity index (χ4n) is 4.91. The SMILES string of the molecule is Cc1ccc2c(c1O)C[C@@H](C1CCN(Cc3ccc(F)c(C(F)(F)F)c3)CC1)O[C@H]2CN.Cl.Cl. The first kappa shape index (κ1) is 28.7. The van der Waals surface area contributed by atoms with Gasteiger partial charge in [0, 0.05) is 25.1 Å². The van der Waals surface area contributed by atoms with Crippen LogP contribution in [0.2, 0.25) is 0 Å². The van der Waals surface area contributed by atoms with Crippen molar-refractivity contribution in [1.82, 2.24) is 4.90 Å². The number of aromatic hydroxyl groups is 1. The molecule has 4 nitrogen and oxygen atoms in total. The standard InChI is InChI=1S/C24H28F4N2O2.2ClH/c1-14-2-4-17-18(23(14)31)11-21(32-22(17)12-29)16-6-8-30(9-7-16)13-15-3-5-20(25)19(10-15)24(26,27)28;;/h2-5,10,16,21-22,31H,6-9,11-13,29H2,1H3;2*1H/t21-,22-;;/m0../s1. The Hall–Kier alpha value is -1.58. The lowest BCUT2D eigenvalue weighted by atomic mass is 9.83. The second-order valence-corrected chi connectivity index (χ2v) is 8.83. The second kappa shape index (κ2) is 11.4. The van der Waals surface area contributed by atoms with E-state index in [-0.39, 0.29) is 42.9 Å². The van der Waals surface area contributed by atoms with Gasteiger partial charge in [-0.2, -0.15) is 13.2 Å². The number of nitrogens with two attached hydrogens (primary N) is 1. The van der Waals surface area contributed by atoms with Gasteiger partial charge in [0.15, 0.2) is 0 Å². The van der Waals surface area contributed by atoms with E-state index in [0.29, 0.717) is 43.9 Å². The molecule has 4 rings (SSSR count). The van der Waals surface area contributed by atoms with Gasteiger partial charge in [-0.25, -0.2) is 4.39 Å². The van der Waals surface area contributed by atoms with Crippen molar-refractivity contribution in [2.24, 2.45) is 11.7 Å². The van der Waals surface area contributed by atoms with E-state index in [2.05, 4.69) is 4.90 Å². The van der Waals surface area contributed by atoms with E-state index >= 15 is 0 Å². The summed E-state index contributed by atoms with van der Waals surface area (Å²) in [6.07, 6.45) is -2.74. The highest BCUT2D eigenvalue weighted by Crippen LogP contribution is 2.40. The van der Waals surface area contributed by atoms with Crippen LogP contribution in [0.1, 0.15) is 46.8 Å². The monoisotopic (exact) mass is 524 g/mol. The normalized spacial score (nSPS) is 21.4. The molecule has 2 atom stereocenters. The number of nitrogens with zero attached hydrogens (tertiary/aromatic N) is 1. The minimum atomic E-state index is -4.70. The van der Waals surface area contributed by atoms with E-state index in [1.54, 1.807) is 0 Å². The summed E-state index contributed by atoms with van der Waals surface area (Å²) in [5.74, 6) is -0.668. The number of benzene rings is 2. The second-order valence-electron chi connectivity index (χ2n) is 8.83. The van der Waals surface area contributed by atoms with Gasteiger partial charge in [-0.1, -0.05) is 18.2 Å². The molecule has 2 heterocycles. The number of rotatable bonds is 4. The zero-order chi connectivity index (χ0) is 23.0. The Morgan fingerprint density at radius 1 is 1.12 bits per heavy atom. The third kappa shape index (κ3) is 5.97. The summed E-state index contributed by atoms with van der Waals surface area (Å²) in [5, 5.41) is 10.6. The van der Waals surface area contributed by atoms with Crippen molar-refractivity contribution in [2.75, 3.05) is 19.6 Å². The van der Waals surface area contributed by atoms with Gasteiger partial charge in [-0.3, -0.25) is 4.90 Å². The number of halogens is 6. The molecule has 10 heteroatoms. The minimum absolute atomic E-state index is 0. The van der Waals surface area contributed by atoms with Crippen molar-refractivity contribution in [3.8, 4) is 5.75 Å². The summed E-state index contributed by atoms with van der Waals surface area (Å²) < 4.78 is 58.8. The van der Waals surface area contributed by atoms with E-state index in [1.165, 1.54) is 6.07 Å². The number of likely N-dealkylation sites (tertiary alicyclic amines) is 1. The lowest BCUT2D eigenvalue weighted by Gasteiger charge is -2.40. The molecule has 0 spiro atoms. The van der Waals surface area contributed by atoms with Gasteiger partial charge in [0.2, 0.25) is 0 Å². The lowest BCUT2D eigenvalue weighted by Crippen LogP contribution is -2.42. The number of hydrogen-bond donors (Lipinski definition) is 2. The van der Waals surface area contributed by atoms with Gasteiger partial charge in [0.05, 0.1) is 17.8 Å². The highest BCUT2D eigenvalue weighted by atomic mass is 35.5. The van der Waals surface area contributed by atoms with Crippen molar-refractivity contribution < 1.29 is 27.4 Å². The van der Waals surface area contributed by atoms with Gasteiger partial charge >= 0.3 is 6.18 Å². The van der Waals surface area contributed by atoms with Crippen LogP contribution in [-0.4, -0.2) is 35.7 Å². The summed E-state index contributed by atoms with van der Waals surface area (Å²) in [6, 6.07) is 7.05. The van der Waals surface area contributed by atoms with Gasteiger partial charge in [-0.05, 0) is 67.6 Å². The van der Waals surface area contributed by atoms with Crippen LogP contribution in [0.15, 0.2) is 30.3 Å². The van der Waals surface area contributed by atoms with E-state index in [1.807, 2.05) is 19.1 Å². The Labute approximate surface area is 209 Å². The molecule has 2 aromatic carbocycles. The molecule has 2 aliphatic rings. The number of piperidine rings is 1. The first-order valence-corrected chi connectivity index (χ1v) is 10.9. The zero-order valence-corrected chi connectivity index (χ0v) is 20.4. The maximum Gasteiger partial charge on any atom is 0.419 e. The molecule has 3 N–H and O–H groups in total. The van der Waals surface area contributed by atoms with E-state index in [9.17, 15) is 22.7 Å². The average Bonchev–Trinajstić information content (AvgIpc) is 2.77. The third-order valence-electron chi connectivity index (χ3n) is 6.73. The minimum Gasteiger partial charge on any atom is -0.507 e. The molecule has 0 saturated carbocycles. The highest BCUT2D eigenvalue weighted by Gasteiger charge is 2.36. The largest absolute Gasteiger partial charge is 0.507 e. The summed E-state index contributed by atoms with van der Waals surface area (Å²) in [4.78, 5) is 2.09. The summed E-state index contributed by atoms with van der Waals surface area (Å²) >= 11 is 0. The van der Waals surface area contributed by atoms with Crippen molar-refractivity contribution >= 4 is 24.8 Å². The molecule has 2 aromatic rings. The van der Waals surface area contributed by atoms with E-state index in [4.69, 9.17) is 10.5 Å². The van der Waals surface area contributed by atoms with E-state index in [0.717, 1.165) is 41.7 Å². The Balaban J connectivity index is 0.00000204. The molecular formula is C24H30Cl2F4N2O2. The Morgan fingerprint density at radius 3 is 2.41 bits per heavy atom. The predicted octanol–water partition coefficient (Wildman–Crippen LogP) is 5.56. The molecule has 1 saturated heterocycles. The predicted molar refractivity (Wildman–Crippen MR) is 127 cm³/mol. The van der Waals surface area contributed by atoms with Gasteiger partial charge in [0.25, 0.3) is 0 Å². The van der Waals surface area contributed by atoms with Crippen LogP contribution in [0.3, 0.4) is 0 Å². The summed E-state index contributed by atoms with van der Waals surface area (Å²) in [5.41, 5.74) is 7.84. The van der Waals surface area contributed by atoms with Gasteiger partial charge < -0.3 is 15.6 Å². The smallest absolute Gasteiger partial charge is 0.419 e. The van der Waals surface area contributed by atoms with Gasteiger partial charge in [0.1, 0.15) is 11.6 Å². The highest BCUT2D eigenvalue weighted by molar-refractivity contribution is 5.85. The van der Waals surface area contributed by atoms with Crippen LogP contribution < -0.4 is 5.73 Å². The number of aryl methyl sites for hydroxylation is 1.